The second-order valence-corrected chi connectivity index (χ2v) is 6.13. The second kappa shape index (κ2) is 4.62. The minimum absolute atomic E-state index is 0.0249. The first-order valence-corrected chi connectivity index (χ1v) is 7.14. The van der Waals surface area contributed by atoms with Gasteiger partial charge in [-0.05, 0) is 37.3 Å². The van der Waals surface area contributed by atoms with E-state index in [1.54, 1.807) is 6.92 Å². The van der Waals surface area contributed by atoms with Gasteiger partial charge in [0.15, 0.2) is 0 Å². The van der Waals surface area contributed by atoms with Gasteiger partial charge in [-0.1, -0.05) is 30.7 Å². The van der Waals surface area contributed by atoms with E-state index in [1.165, 1.54) is 5.56 Å². The summed E-state index contributed by atoms with van der Waals surface area (Å²) in [5, 5.41) is 12.3. The van der Waals surface area contributed by atoms with E-state index in [9.17, 15) is 14.7 Å². The molecule has 2 N–H and O–H groups in total. The first-order chi connectivity index (χ1) is 9.52. The zero-order chi connectivity index (χ0) is 14.3. The monoisotopic (exact) mass is 273 g/mol. The Morgan fingerprint density at radius 1 is 1.35 bits per heavy atom. The van der Waals surface area contributed by atoms with E-state index in [-0.39, 0.29) is 17.9 Å². The highest BCUT2D eigenvalue weighted by atomic mass is 16.4. The quantitative estimate of drug-likeness (QED) is 0.886. The number of amides is 1. The highest BCUT2D eigenvalue weighted by molar-refractivity contribution is 5.88. The van der Waals surface area contributed by atoms with Gasteiger partial charge in [0.05, 0.1) is 11.3 Å². The van der Waals surface area contributed by atoms with Crippen LogP contribution in [0, 0.1) is 5.41 Å². The maximum atomic E-state index is 12.4. The Hall–Kier alpha value is -1.84. The summed E-state index contributed by atoms with van der Waals surface area (Å²) in [6.07, 6.45) is 3.00. The van der Waals surface area contributed by atoms with Crippen LogP contribution < -0.4 is 5.32 Å². The van der Waals surface area contributed by atoms with Crippen molar-refractivity contribution in [2.24, 2.45) is 5.41 Å². The predicted molar refractivity (Wildman–Crippen MR) is 74.4 cm³/mol. The van der Waals surface area contributed by atoms with E-state index in [0.717, 1.165) is 24.8 Å². The van der Waals surface area contributed by atoms with Crippen molar-refractivity contribution in [2.75, 3.05) is 0 Å². The highest BCUT2D eigenvalue weighted by Gasteiger charge is 2.47. The van der Waals surface area contributed by atoms with Gasteiger partial charge in [0.1, 0.15) is 0 Å². The summed E-state index contributed by atoms with van der Waals surface area (Å²) >= 11 is 0. The van der Waals surface area contributed by atoms with Crippen molar-refractivity contribution in [2.45, 2.75) is 44.6 Å². The molecule has 0 radical (unpaired) electrons. The third-order valence-corrected chi connectivity index (χ3v) is 4.93. The number of carbonyl (C=O) groups is 2. The molecule has 20 heavy (non-hydrogen) atoms. The van der Waals surface area contributed by atoms with Gasteiger partial charge in [0.25, 0.3) is 0 Å². The van der Waals surface area contributed by atoms with Gasteiger partial charge in [-0.25, -0.2) is 0 Å². The van der Waals surface area contributed by atoms with Crippen molar-refractivity contribution in [3.8, 4) is 0 Å². The highest BCUT2D eigenvalue weighted by Crippen LogP contribution is 2.40. The zero-order valence-electron chi connectivity index (χ0n) is 11.6. The van der Waals surface area contributed by atoms with Gasteiger partial charge in [0.2, 0.25) is 5.91 Å². The van der Waals surface area contributed by atoms with Crippen LogP contribution >= 0.6 is 0 Å². The predicted octanol–water partition coefficient (Wildman–Crippen LogP) is 2.09. The molecule has 1 fully saturated rings. The minimum atomic E-state index is -0.821. The maximum absolute atomic E-state index is 12.4. The van der Waals surface area contributed by atoms with Gasteiger partial charge in [0, 0.05) is 6.04 Å². The Morgan fingerprint density at radius 2 is 2.10 bits per heavy atom. The summed E-state index contributed by atoms with van der Waals surface area (Å²) in [4.78, 5) is 23.8. The molecule has 3 unspecified atom stereocenters. The van der Waals surface area contributed by atoms with Crippen molar-refractivity contribution in [3.05, 3.63) is 35.4 Å². The number of benzene rings is 1. The normalized spacial score (nSPS) is 31.2. The first kappa shape index (κ1) is 13.2. The van der Waals surface area contributed by atoms with Crippen molar-refractivity contribution >= 4 is 11.9 Å². The molecule has 3 atom stereocenters. The Labute approximate surface area is 118 Å². The lowest BCUT2D eigenvalue weighted by Gasteiger charge is -2.33. The summed E-state index contributed by atoms with van der Waals surface area (Å²) in [5.74, 6) is -0.942. The second-order valence-electron chi connectivity index (χ2n) is 6.13. The van der Waals surface area contributed by atoms with E-state index in [2.05, 4.69) is 5.32 Å². The largest absolute Gasteiger partial charge is 0.481 e. The fourth-order valence-corrected chi connectivity index (χ4v) is 3.42. The van der Waals surface area contributed by atoms with Crippen molar-refractivity contribution in [3.63, 3.8) is 0 Å². The van der Waals surface area contributed by atoms with Crippen LogP contribution in [0.3, 0.4) is 0 Å². The number of carboxylic acid groups (broad SMARTS) is 1. The maximum Gasteiger partial charge on any atom is 0.311 e. The van der Waals surface area contributed by atoms with Crippen LogP contribution in [0.15, 0.2) is 24.3 Å². The van der Waals surface area contributed by atoms with E-state index >= 15 is 0 Å². The number of nitrogens with one attached hydrogen (secondary N) is 1. The van der Waals surface area contributed by atoms with Gasteiger partial charge in [-0.3, -0.25) is 9.59 Å². The molecule has 3 rings (SSSR count). The van der Waals surface area contributed by atoms with E-state index in [1.807, 2.05) is 24.3 Å². The molecule has 2 aliphatic rings. The molecule has 1 amide bonds. The molecule has 1 saturated carbocycles. The lowest BCUT2D eigenvalue weighted by Crippen LogP contribution is -2.49. The smallest absolute Gasteiger partial charge is 0.311 e. The van der Waals surface area contributed by atoms with E-state index in [0.29, 0.717) is 6.42 Å². The summed E-state index contributed by atoms with van der Waals surface area (Å²) in [6.45, 7) is 1.74. The Balaban J connectivity index is 1.70. The molecule has 4 heteroatoms. The number of fused-ring (bicyclic) bond motifs is 1. The third kappa shape index (κ3) is 1.90. The van der Waals surface area contributed by atoms with Gasteiger partial charge >= 0.3 is 5.97 Å². The Bertz CT molecular complexity index is 569. The van der Waals surface area contributed by atoms with Crippen LogP contribution in [-0.4, -0.2) is 23.0 Å². The average molecular weight is 273 g/mol. The molecule has 1 aromatic carbocycles. The number of rotatable bonds is 3. The summed E-state index contributed by atoms with van der Waals surface area (Å²) < 4.78 is 0. The summed E-state index contributed by atoms with van der Waals surface area (Å²) in [5.41, 5.74) is 1.49. The zero-order valence-corrected chi connectivity index (χ0v) is 11.6. The van der Waals surface area contributed by atoms with Crippen molar-refractivity contribution < 1.29 is 14.7 Å². The van der Waals surface area contributed by atoms with Crippen LogP contribution in [0.5, 0.6) is 0 Å². The molecule has 0 heterocycles. The fourth-order valence-electron chi connectivity index (χ4n) is 3.42. The third-order valence-electron chi connectivity index (χ3n) is 4.93. The molecule has 4 nitrogen and oxygen atoms in total. The Kier molecular flexibility index (Phi) is 3.04. The molecular formula is C16H19NO3. The molecule has 0 bridgehead atoms. The molecule has 0 aliphatic heterocycles. The molecule has 0 spiro atoms. The number of hydrogen-bond donors (Lipinski definition) is 2. The number of hydrogen-bond acceptors (Lipinski definition) is 2. The summed E-state index contributed by atoms with van der Waals surface area (Å²) in [7, 11) is 0. The van der Waals surface area contributed by atoms with Gasteiger partial charge in [-0.15, -0.1) is 0 Å². The molecule has 106 valence electrons. The van der Waals surface area contributed by atoms with Crippen LogP contribution in [-0.2, 0) is 16.0 Å². The standard InChI is InChI=1S/C16H19NO3/c1-16(15(19)20)8-4-7-13(16)17-14(18)12-9-10-5-2-3-6-11(10)12/h2-3,5-6,12-13H,4,7-9H2,1H3,(H,17,18)(H,19,20). The first-order valence-electron chi connectivity index (χ1n) is 7.14. The number of carbonyl (C=O) groups excluding carboxylic acids is 1. The van der Waals surface area contributed by atoms with Crippen LogP contribution in [0.2, 0.25) is 0 Å². The van der Waals surface area contributed by atoms with Gasteiger partial charge in [-0.2, -0.15) is 0 Å². The number of aliphatic carboxylic acids is 1. The SMILES string of the molecule is CC1(C(=O)O)CCCC1NC(=O)C1Cc2ccccc21. The van der Waals surface area contributed by atoms with Crippen molar-refractivity contribution in [1.29, 1.82) is 0 Å². The lowest BCUT2D eigenvalue weighted by molar-refractivity contribution is -0.149. The van der Waals surface area contributed by atoms with E-state index < -0.39 is 11.4 Å². The molecule has 1 aromatic rings. The molecule has 0 saturated heterocycles. The van der Waals surface area contributed by atoms with Crippen molar-refractivity contribution in [1.82, 2.24) is 5.32 Å². The van der Waals surface area contributed by atoms with Crippen LogP contribution in [0.25, 0.3) is 0 Å². The average Bonchev–Trinajstić information content (AvgIpc) is 2.74. The molecule has 2 aliphatic carbocycles. The number of carboxylic acids is 1. The van der Waals surface area contributed by atoms with E-state index in [4.69, 9.17) is 0 Å². The fraction of sp³-hybridized carbons (Fsp3) is 0.500. The van der Waals surface area contributed by atoms with Crippen LogP contribution in [0.1, 0.15) is 43.2 Å². The molecule has 0 aromatic heterocycles. The lowest BCUT2D eigenvalue weighted by atomic mass is 9.76. The topological polar surface area (TPSA) is 66.4 Å². The molecular weight excluding hydrogens is 254 g/mol. The summed E-state index contributed by atoms with van der Waals surface area (Å²) in [6, 6.07) is 7.69. The van der Waals surface area contributed by atoms with Crippen LogP contribution in [0.4, 0.5) is 0 Å². The van der Waals surface area contributed by atoms with Gasteiger partial charge < -0.3 is 10.4 Å². The Morgan fingerprint density at radius 3 is 2.80 bits per heavy atom. The minimum Gasteiger partial charge on any atom is -0.481 e.